The first kappa shape index (κ1) is 17.4. The molecule has 4 heterocycles. The lowest BCUT2D eigenvalue weighted by Crippen LogP contribution is -2.67. The second-order valence-electron chi connectivity index (χ2n) is 7.45. The van der Waals surface area contributed by atoms with Gasteiger partial charge in [0.1, 0.15) is 11.3 Å². The predicted octanol–water partition coefficient (Wildman–Crippen LogP) is 2.27. The average Bonchev–Trinajstić information content (AvgIpc) is 3.05. The third-order valence-electron chi connectivity index (χ3n) is 5.44. The fourth-order valence-corrected chi connectivity index (χ4v) is 4.53. The van der Waals surface area contributed by atoms with Crippen molar-refractivity contribution in [3.05, 3.63) is 16.1 Å². The molecule has 1 spiro atoms. The maximum absolute atomic E-state index is 12.5. The molecule has 0 unspecified atom stereocenters. The van der Waals surface area contributed by atoms with E-state index < -0.39 is 0 Å². The van der Waals surface area contributed by atoms with E-state index >= 15 is 0 Å². The molecule has 0 radical (unpaired) electrons. The van der Waals surface area contributed by atoms with Crippen molar-refractivity contribution in [3.8, 4) is 0 Å². The zero-order chi connectivity index (χ0) is 17.3. The van der Waals surface area contributed by atoms with Crippen LogP contribution in [0.3, 0.4) is 0 Å². The standard InChI is InChI=1S/C18H26N2O4S/c1-13-19-16(10-25-13)17(21)20-11-18(12-20)8-15(4-7-24-18)23-9-14-2-5-22-6-3-14/h10,14-15H,2-9,11-12H2,1H3/t15-/m1/s1. The van der Waals surface area contributed by atoms with Crippen molar-refractivity contribution in [2.75, 3.05) is 39.5 Å². The lowest BCUT2D eigenvalue weighted by Gasteiger charge is -2.52. The summed E-state index contributed by atoms with van der Waals surface area (Å²) in [6.45, 7) is 6.49. The van der Waals surface area contributed by atoms with Crippen molar-refractivity contribution < 1.29 is 19.0 Å². The van der Waals surface area contributed by atoms with Crippen LogP contribution in [0.4, 0.5) is 0 Å². The molecule has 0 aliphatic carbocycles. The van der Waals surface area contributed by atoms with Crippen LogP contribution in [-0.2, 0) is 14.2 Å². The Kier molecular flexibility index (Phi) is 5.08. The summed E-state index contributed by atoms with van der Waals surface area (Å²) in [7, 11) is 0. The zero-order valence-corrected chi connectivity index (χ0v) is 15.6. The van der Waals surface area contributed by atoms with E-state index in [1.807, 2.05) is 17.2 Å². The van der Waals surface area contributed by atoms with Gasteiger partial charge in [0, 0.05) is 38.2 Å². The van der Waals surface area contributed by atoms with Gasteiger partial charge in [0.2, 0.25) is 0 Å². The molecule has 1 aromatic heterocycles. The van der Waals surface area contributed by atoms with E-state index in [0.717, 1.165) is 57.1 Å². The molecule has 7 heteroatoms. The number of likely N-dealkylation sites (tertiary alicyclic amines) is 1. The summed E-state index contributed by atoms with van der Waals surface area (Å²) in [5, 5.41) is 2.76. The Morgan fingerprint density at radius 1 is 1.36 bits per heavy atom. The third-order valence-corrected chi connectivity index (χ3v) is 6.21. The minimum Gasteiger partial charge on any atom is -0.381 e. The van der Waals surface area contributed by atoms with Crippen LogP contribution in [0.2, 0.25) is 0 Å². The highest BCUT2D eigenvalue weighted by Gasteiger charge is 2.50. The number of ether oxygens (including phenoxy) is 3. The quantitative estimate of drug-likeness (QED) is 0.818. The van der Waals surface area contributed by atoms with Crippen LogP contribution in [0.1, 0.15) is 41.2 Å². The molecule has 0 bridgehead atoms. The van der Waals surface area contributed by atoms with E-state index in [0.29, 0.717) is 24.7 Å². The second-order valence-corrected chi connectivity index (χ2v) is 8.51. The summed E-state index contributed by atoms with van der Waals surface area (Å²) >= 11 is 1.51. The first-order valence-electron chi connectivity index (χ1n) is 9.18. The fourth-order valence-electron chi connectivity index (χ4n) is 3.95. The molecule has 3 aliphatic rings. The van der Waals surface area contributed by atoms with E-state index in [9.17, 15) is 4.79 Å². The maximum Gasteiger partial charge on any atom is 0.273 e. The molecule has 0 aromatic carbocycles. The minimum atomic E-state index is -0.209. The highest BCUT2D eigenvalue weighted by Crippen LogP contribution is 2.36. The molecular weight excluding hydrogens is 340 g/mol. The Morgan fingerprint density at radius 2 is 2.16 bits per heavy atom. The van der Waals surface area contributed by atoms with Crippen molar-refractivity contribution in [2.24, 2.45) is 5.92 Å². The van der Waals surface area contributed by atoms with Gasteiger partial charge in [0.05, 0.1) is 24.2 Å². The van der Waals surface area contributed by atoms with Gasteiger partial charge >= 0.3 is 0 Å². The maximum atomic E-state index is 12.5. The number of hydrogen-bond acceptors (Lipinski definition) is 6. The summed E-state index contributed by atoms with van der Waals surface area (Å²) in [6.07, 6.45) is 4.28. The molecule has 3 aliphatic heterocycles. The second kappa shape index (κ2) is 7.31. The van der Waals surface area contributed by atoms with E-state index in [1.54, 1.807) is 0 Å². The molecule has 3 saturated heterocycles. The Hall–Kier alpha value is -1.02. The Bertz CT molecular complexity index is 608. The largest absolute Gasteiger partial charge is 0.381 e. The van der Waals surface area contributed by atoms with Crippen LogP contribution in [0.15, 0.2) is 5.38 Å². The van der Waals surface area contributed by atoms with E-state index in [-0.39, 0.29) is 17.6 Å². The highest BCUT2D eigenvalue weighted by molar-refractivity contribution is 7.09. The normalized spacial score (nSPS) is 26.6. The molecule has 1 atom stereocenters. The van der Waals surface area contributed by atoms with Crippen LogP contribution in [0.25, 0.3) is 0 Å². The van der Waals surface area contributed by atoms with Crippen LogP contribution in [-0.4, -0.2) is 67.0 Å². The highest BCUT2D eigenvalue weighted by atomic mass is 32.1. The first-order chi connectivity index (χ1) is 12.1. The molecule has 0 N–H and O–H groups in total. The van der Waals surface area contributed by atoms with Gasteiger partial charge in [-0.2, -0.15) is 0 Å². The number of amides is 1. The smallest absolute Gasteiger partial charge is 0.273 e. The van der Waals surface area contributed by atoms with Crippen molar-refractivity contribution in [1.82, 2.24) is 9.88 Å². The number of hydrogen-bond donors (Lipinski definition) is 0. The van der Waals surface area contributed by atoms with Crippen molar-refractivity contribution in [1.29, 1.82) is 0 Å². The monoisotopic (exact) mass is 366 g/mol. The minimum absolute atomic E-state index is 0.0174. The van der Waals surface area contributed by atoms with E-state index in [2.05, 4.69) is 4.98 Å². The van der Waals surface area contributed by atoms with Crippen molar-refractivity contribution in [3.63, 3.8) is 0 Å². The van der Waals surface area contributed by atoms with Crippen LogP contribution in [0.5, 0.6) is 0 Å². The number of carbonyl (C=O) groups excluding carboxylic acids is 1. The van der Waals surface area contributed by atoms with Crippen LogP contribution < -0.4 is 0 Å². The third kappa shape index (κ3) is 3.89. The molecule has 138 valence electrons. The Balaban J connectivity index is 1.26. The summed E-state index contributed by atoms with van der Waals surface area (Å²) in [5.41, 5.74) is 0.347. The Morgan fingerprint density at radius 3 is 2.88 bits per heavy atom. The van der Waals surface area contributed by atoms with Gasteiger partial charge in [0.15, 0.2) is 0 Å². The Labute approximate surface area is 152 Å². The number of aryl methyl sites for hydroxylation is 1. The molecule has 25 heavy (non-hydrogen) atoms. The molecule has 3 fully saturated rings. The SMILES string of the molecule is Cc1nc(C(=O)N2CC3(C[C@H](OCC4CCOCC4)CCO3)C2)cs1. The summed E-state index contributed by atoms with van der Waals surface area (Å²) < 4.78 is 17.6. The van der Waals surface area contributed by atoms with Gasteiger partial charge in [-0.15, -0.1) is 11.3 Å². The van der Waals surface area contributed by atoms with Crippen molar-refractivity contribution in [2.45, 2.75) is 44.3 Å². The van der Waals surface area contributed by atoms with Gasteiger partial charge in [-0.1, -0.05) is 0 Å². The molecule has 1 aromatic rings. The molecular formula is C18H26N2O4S. The predicted molar refractivity (Wildman–Crippen MR) is 94.0 cm³/mol. The van der Waals surface area contributed by atoms with Crippen molar-refractivity contribution >= 4 is 17.2 Å². The number of aromatic nitrogens is 1. The fraction of sp³-hybridized carbons (Fsp3) is 0.778. The van der Waals surface area contributed by atoms with Gasteiger partial charge in [0.25, 0.3) is 5.91 Å². The molecule has 6 nitrogen and oxygen atoms in total. The summed E-state index contributed by atoms with van der Waals surface area (Å²) in [4.78, 5) is 18.6. The lowest BCUT2D eigenvalue weighted by atomic mass is 9.84. The molecule has 4 rings (SSSR count). The summed E-state index contributed by atoms with van der Waals surface area (Å²) in [5.74, 6) is 0.642. The van der Waals surface area contributed by atoms with Crippen LogP contribution in [0, 0.1) is 12.8 Å². The van der Waals surface area contributed by atoms with Gasteiger partial charge < -0.3 is 19.1 Å². The average molecular weight is 366 g/mol. The van der Waals surface area contributed by atoms with Gasteiger partial charge in [-0.3, -0.25) is 4.79 Å². The van der Waals surface area contributed by atoms with Crippen LogP contribution >= 0.6 is 11.3 Å². The summed E-state index contributed by atoms with van der Waals surface area (Å²) in [6, 6.07) is 0. The molecule has 0 saturated carbocycles. The number of nitrogens with zero attached hydrogens (tertiary/aromatic N) is 2. The van der Waals surface area contributed by atoms with Gasteiger partial charge in [-0.25, -0.2) is 4.98 Å². The van der Waals surface area contributed by atoms with E-state index in [1.165, 1.54) is 11.3 Å². The zero-order valence-electron chi connectivity index (χ0n) is 14.7. The van der Waals surface area contributed by atoms with Gasteiger partial charge in [-0.05, 0) is 32.1 Å². The number of carbonyl (C=O) groups is 1. The topological polar surface area (TPSA) is 60.9 Å². The first-order valence-corrected chi connectivity index (χ1v) is 10.1. The molecule has 1 amide bonds. The lowest BCUT2D eigenvalue weighted by molar-refractivity contribution is -0.188. The number of rotatable bonds is 4. The number of thiazole rings is 1. The van der Waals surface area contributed by atoms with E-state index in [4.69, 9.17) is 14.2 Å².